The van der Waals surface area contributed by atoms with Crippen molar-refractivity contribution in [2.45, 2.75) is 6.42 Å². The van der Waals surface area contributed by atoms with Crippen LogP contribution in [0.3, 0.4) is 0 Å². The Hall–Kier alpha value is -1.31. The van der Waals surface area contributed by atoms with Crippen molar-refractivity contribution in [3.63, 3.8) is 0 Å². The molecule has 1 heterocycles. The first-order valence-electron chi connectivity index (χ1n) is 3.59. The van der Waals surface area contributed by atoms with E-state index in [1.54, 1.807) is 7.11 Å². The van der Waals surface area contributed by atoms with Gasteiger partial charge in [-0.1, -0.05) is 6.07 Å². The molecule has 0 spiro atoms. The zero-order valence-corrected chi connectivity index (χ0v) is 6.37. The van der Waals surface area contributed by atoms with Crippen molar-refractivity contribution < 1.29 is 4.74 Å². The minimum absolute atomic E-state index is 0.878. The summed E-state index contributed by atoms with van der Waals surface area (Å²) in [4.78, 5) is 4.20. The Kier molecular flexibility index (Phi) is 1.39. The molecule has 0 aliphatic carbocycles. The fourth-order valence-corrected chi connectivity index (χ4v) is 1.21. The Morgan fingerprint density at radius 1 is 1.45 bits per heavy atom. The van der Waals surface area contributed by atoms with Gasteiger partial charge in [0.05, 0.1) is 12.8 Å². The normalized spacial score (nSPS) is 13.2. The summed E-state index contributed by atoms with van der Waals surface area (Å²) in [5.74, 6) is 0.878. The van der Waals surface area contributed by atoms with Crippen molar-refractivity contribution in [3.05, 3.63) is 23.8 Å². The standard InChI is InChI=1S/C9H9NO/c1-11-8-3-2-7-4-5-10-9(7)6-8/h2-3,5-6H,4H2,1H3. The van der Waals surface area contributed by atoms with Crippen LogP contribution in [0.4, 0.5) is 5.69 Å². The van der Waals surface area contributed by atoms with E-state index < -0.39 is 0 Å². The second kappa shape index (κ2) is 2.38. The van der Waals surface area contributed by atoms with Gasteiger partial charge in [0.1, 0.15) is 5.75 Å². The Bertz CT molecular complexity index is 304. The number of methoxy groups -OCH3 is 1. The van der Waals surface area contributed by atoms with Gasteiger partial charge in [-0.25, -0.2) is 0 Å². The molecule has 2 rings (SSSR count). The lowest BCUT2D eigenvalue weighted by Gasteiger charge is -2.00. The second-order valence-corrected chi connectivity index (χ2v) is 2.51. The van der Waals surface area contributed by atoms with E-state index in [9.17, 15) is 0 Å². The lowest BCUT2D eigenvalue weighted by atomic mass is 10.1. The molecule has 0 radical (unpaired) electrons. The first kappa shape index (κ1) is 6.40. The predicted molar refractivity (Wildman–Crippen MR) is 44.9 cm³/mol. The van der Waals surface area contributed by atoms with Gasteiger partial charge < -0.3 is 4.74 Å². The maximum Gasteiger partial charge on any atom is 0.121 e. The van der Waals surface area contributed by atoms with Gasteiger partial charge in [-0.05, 0) is 11.6 Å². The Balaban J connectivity index is 2.47. The third-order valence-electron chi connectivity index (χ3n) is 1.83. The van der Waals surface area contributed by atoms with Crippen molar-refractivity contribution in [2.24, 2.45) is 4.99 Å². The van der Waals surface area contributed by atoms with Crippen LogP contribution in [-0.2, 0) is 6.42 Å². The van der Waals surface area contributed by atoms with Crippen molar-refractivity contribution in [2.75, 3.05) is 7.11 Å². The van der Waals surface area contributed by atoms with Gasteiger partial charge in [0, 0.05) is 18.7 Å². The monoisotopic (exact) mass is 147 g/mol. The molecule has 2 nitrogen and oxygen atoms in total. The third kappa shape index (κ3) is 1.00. The van der Waals surface area contributed by atoms with E-state index in [0.29, 0.717) is 0 Å². The van der Waals surface area contributed by atoms with Crippen LogP contribution in [0.1, 0.15) is 5.56 Å². The first-order chi connectivity index (χ1) is 5.40. The quantitative estimate of drug-likeness (QED) is 0.595. The molecule has 11 heavy (non-hydrogen) atoms. The SMILES string of the molecule is COc1ccc2c(c1)N=CC2. The van der Waals surface area contributed by atoms with Gasteiger partial charge >= 0.3 is 0 Å². The fourth-order valence-electron chi connectivity index (χ4n) is 1.21. The second-order valence-electron chi connectivity index (χ2n) is 2.51. The van der Waals surface area contributed by atoms with Crippen LogP contribution in [0.15, 0.2) is 23.2 Å². The number of benzene rings is 1. The molecule has 0 N–H and O–H groups in total. The molecule has 1 aromatic rings. The predicted octanol–water partition coefficient (Wildman–Crippen LogP) is 1.95. The number of hydrogen-bond acceptors (Lipinski definition) is 2. The summed E-state index contributed by atoms with van der Waals surface area (Å²) in [5, 5.41) is 0. The molecular weight excluding hydrogens is 138 g/mol. The van der Waals surface area contributed by atoms with E-state index in [1.165, 1.54) is 5.56 Å². The molecule has 0 fully saturated rings. The minimum atomic E-state index is 0.878. The number of rotatable bonds is 1. The smallest absolute Gasteiger partial charge is 0.121 e. The van der Waals surface area contributed by atoms with Gasteiger partial charge in [-0.15, -0.1) is 0 Å². The molecule has 56 valence electrons. The number of fused-ring (bicyclic) bond motifs is 1. The van der Waals surface area contributed by atoms with E-state index in [1.807, 2.05) is 18.3 Å². The topological polar surface area (TPSA) is 21.6 Å². The molecule has 0 amide bonds. The molecule has 2 heteroatoms. The molecular formula is C9H9NO. The molecule has 0 aromatic heterocycles. The van der Waals surface area contributed by atoms with Gasteiger partial charge in [0.25, 0.3) is 0 Å². The zero-order valence-electron chi connectivity index (χ0n) is 6.37. The minimum Gasteiger partial charge on any atom is -0.497 e. The van der Waals surface area contributed by atoms with Crippen molar-refractivity contribution in [3.8, 4) is 5.75 Å². The maximum absolute atomic E-state index is 5.07. The number of ether oxygens (including phenoxy) is 1. The average molecular weight is 147 g/mol. The molecule has 0 saturated carbocycles. The number of nitrogens with zero attached hydrogens (tertiary/aromatic N) is 1. The van der Waals surface area contributed by atoms with Crippen LogP contribution >= 0.6 is 0 Å². The van der Waals surface area contributed by atoms with Crippen LogP contribution < -0.4 is 4.74 Å². The van der Waals surface area contributed by atoms with Gasteiger partial charge in [-0.3, -0.25) is 4.99 Å². The summed E-state index contributed by atoms with van der Waals surface area (Å²) >= 11 is 0. The van der Waals surface area contributed by atoms with Crippen LogP contribution in [0.25, 0.3) is 0 Å². The fraction of sp³-hybridized carbons (Fsp3) is 0.222. The van der Waals surface area contributed by atoms with Crippen LogP contribution in [-0.4, -0.2) is 13.3 Å². The van der Waals surface area contributed by atoms with E-state index in [-0.39, 0.29) is 0 Å². The van der Waals surface area contributed by atoms with Crippen LogP contribution in [0.2, 0.25) is 0 Å². The van der Waals surface area contributed by atoms with Gasteiger partial charge in [0.15, 0.2) is 0 Å². The van der Waals surface area contributed by atoms with Crippen LogP contribution in [0, 0.1) is 0 Å². The molecule has 0 atom stereocenters. The summed E-state index contributed by atoms with van der Waals surface area (Å²) < 4.78 is 5.07. The van der Waals surface area contributed by atoms with Crippen molar-refractivity contribution in [1.82, 2.24) is 0 Å². The lowest BCUT2D eigenvalue weighted by molar-refractivity contribution is 0.415. The molecule has 1 aliphatic heterocycles. The first-order valence-corrected chi connectivity index (χ1v) is 3.59. The summed E-state index contributed by atoms with van der Waals surface area (Å²) in [5.41, 5.74) is 2.33. The number of hydrogen-bond donors (Lipinski definition) is 0. The molecule has 1 aliphatic rings. The van der Waals surface area contributed by atoms with Crippen LogP contribution in [0.5, 0.6) is 5.75 Å². The highest BCUT2D eigenvalue weighted by Crippen LogP contribution is 2.28. The molecule has 0 unspecified atom stereocenters. The van der Waals surface area contributed by atoms with E-state index >= 15 is 0 Å². The average Bonchev–Trinajstić information content (AvgIpc) is 2.50. The van der Waals surface area contributed by atoms with E-state index in [2.05, 4.69) is 11.1 Å². The maximum atomic E-state index is 5.07. The Morgan fingerprint density at radius 3 is 3.18 bits per heavy atom. The summed E-state index contributed by atoms with van der Waals surface area (Å²) in [6.45, 7) is 0. The largest absolute Gasteiger partial charge is 0.497 e. The highest BCUT2D eigenvalue weighted by Gasteiger charge is 2.05. The third-order valence-corrected chi connectivity index (χ3v) is 1.83. The van der Waals surface area contributed by atoms with Crippen molar-refractivity contribution in [1.29, 1.82) is 0 Å². The Morgan fingerprint density at radius 2 is 2.36 bits per heavy atom. The van der Waals surface area contributed by atoms with E-state index in [4.69, 9.17) is 4.74 Å². The van der Waals surface area contributed by atoms with Gasteiger partial charge in [0.2, 0.25) is 0 Å². The Labute approximate surface area is 65.5 Å². The molecule has 0 saturated heterocycles. The summed E-state index contributed by atoms with van der Waals surface area (Å²) in [6, 6.07) is 5.98. The lowest BCUT2D eigenvalue weighted by Crippen LogP contribution is -1.83. The highest BCUT2D eigenvalue weighted by molar-refractivity contribution is 5.76. The number of aliphatic imine (C=N–C) groups is 1. The summed E-state index contributed by atoms with van der Waals surface area (Å²) in [7, 11) is 1.67. The molecule has 1 aromatic carbocycles. The van der Waals surface area contributed by atoms with Crippen molar-refractivity contribution >= 4 is 11.9 Å². The summed E-state index contributed by atoms with van der Waals surface area (Å²) in [6.07, 6.45) is 2.88. The van der Waals surface area contributed by atoms with E-state index in [0.717, 1.165) is 17.9 Å². The zero-order chi connectivity index (χ0) is 7.68. The van der Waals surface area contributed by atoms with Gasteiger partial charge in [-0.2, -0.15) is 0 Å². The molecule has 0 bridgehead atoms. The highest BCUT2D eigenvalue weighted by atomic mass is 16.5.